The molecule has 0 radical (unpaired) electrons. The second-order valence-electron chi connectivity index (χ2n) is 15.6. The number of hydrogen-bond acceptors (Lipinski definition) is 18. The van der Waals surface area contributed by atoms with Crippen molar-refractivity contribution < 1.29 is 71.7 Å². The Bertz CT molecular complexity index is 1920. The normalized spacial score (nSPS) is 27.0. The number of ether oxygens (including phenoxy) is 3. The Hall–Kier alpha value is -5.01. The number of hydrogen-bond donors (Lipinski definition) is 0. The van der Waals surface area contributed by atoms with Gasteiger partial charge in [-0.25, -0.2) is 0 Å². The molecule has 6 aliphatic rings. The van der Waals surface area contributed by atoms with Crippen LogP contribution in [0.3, 0.4) is 0 Å². The first-order valence-corrected chi connectivity index (χ1v) is 23.8. The van der Waals surface area contributed by atoms with Gasteiger partial charge in [0.25, 0.3) is 17.7 Å². The summed E-state index contributed by atoms with van der Waals surface area (Å²) in [7, 11) is 0. The average molecular weight is 947 g/mol. The van der Waals surface area contributed by atoms with Gasteiger partial charge in [0.2, 0.25) is 53.2 Å². The minimum absolute atomic E-state index is 0.0568. The van der Waals surface area contributed by atoms with Gasteiger partial charge in [0.15, 0.2) is 0 Å². The number of likely N-dealkylation sites (tertiary alicyclic amines) is 6. The zero-order valence-electron chi connectivity index (χ0n) is 35.2. The van der Waals surface area contributed by atoms with Crippen LogP contribution < -0.4 is 0 Å². The van der Waals surface area contributed by atoms with Crippen LogP contribution in [0.4, 0.5) is 0 Å². The maximum Gasteiger partial charge on any atom is 0.259 e. The van der Waals surface area contributed by atoms with Crippen molar-refractivity contribution in [3.8, 4) is 0 Å². The Morgan fingerprint density at radius 2 is 0.688 bits per heavy atom. The van der Waals surface area contributed by atoms with E-state index in [9.17, 15) is 57.5 Å². The van der Waals surface area contributed by atoms with Crippen molar-refractivity contribution in [2.24, 2.45) is 5.92 Å². The number of amides is 12. The maximum absolute atomic E-state index is 13.4. The van der Waals surface area contributed by atoms with E-state index in [1.165, 1.54) is 35.3 Å². The zero-order valence-corrected chi connectivity index (χ0v) is 37.6. The summed E-state index contributed by atoms with van der Waals surface area (Å²) >= 11 is 3.56. The molecule has 6 aliphatic heterocycles. The van der Waals surface area contributed by atoms with E-state index in [0.29, 0.717) is 0 Å². The number of rotatable bonds is 21. The third kappa shape index (κ3) is 9.66. The molecule has 24 heteroatoms. The molecule has 6 fully saturated rings. The van der Waals surface area contributed by atoms with E-state index >= 15 is 0 Å². The predicted molar refractivity (Wildman–Crippen MR) is 225 cm³/mol. The average Bonchev–Trinajstić information content (AvgIpc) is 4.03. The van der Waals surface area contributed by atoms with E-state index in [2.05, 4.69) is 19.7 Å². The van der Waals surface area contributed by atoms with Crippen LogP contribution in [0.5, 0.6) is 0 Å². The highest BCUT2D eigenvalue weighted by atomic mass is 32.2. The molecule has 0 aromatic rings. The lowest BCUT2D eigenvalue weighted by Gasteiger charge is -2.24. The number of nitrogens with zero attached hydrogens (tertiary/aromatic N) is 6. The molecule has 0 spiro atoms. The quantitative estimate of drug-likeness (QED) is 0.126. The van der Waals surface area contributed by atoms with Gasteiger partial charge in [-0.3, -0.25) is 86.9 Å². The van der Waals surface area contributed by atoms with Gasteiger partial charge in [-0.15, -0.1) is 0 Å². The van der Waals surface area contributed by atoms with Gasteiger partial charge in [-0.1, -0.05) is 19.7 Å². The lowest BCUT2D eigenvalue weighted by Crippen LogP contribution is -2.41. The van der Waals surface area contributed by atoms with E-state index < -0.39 is 150 Å². The second-order valence-corrected chi connectivity index (χ2v) is 18.7. The number of thioether (sulfide) groups is 3. The molecule has 0 N–H and O–H groups in total. The molecular formula is C40H46N6O15S3. The van der Waals surface area contributed by atoms with Crippen LogP contribution in [0.2, 0.25) is 0 Å². The molecule has 6 saturated heterocycles. The standard InChI is InChI=1S/C40H46N6O15S3/c1-19(44-32(50)10-26(62-4)38(44)56)13-41-29(47)7-23(35(41)53)59-16-22(17-60-24-8-30(48)42(36(24)54)14-20(2)45-33(51)11-27(63-5)39(45)57)18-61-25-9-31(49)43(37(25)55)15-21(3)46-34(52)12-28(64-6)40(46)58/h22-28H,1-3,7-18H2,4-6H3. The number of imide groups is 6. The lowest BCUT2D eigenvalue weighted by atomic mass is 10.1. The van der Waals surface area contributed by atoms with Crippen molar-refractivity contribution >= 4 is 106 Å². The van der Waals surface area contributed by atoms with Crippen molar-refractivity contribution in [3.05, 3.63) is 36.8 Å². The fourth-order valence-electron chi connectivity index (χ4n) is 7.87. The van der Waals surface area contributed by atoms with Gasteiger partial charge in [0.05, 0.1) is 74.5 Å². The van der Waals surface area contributed by atoms with Crippen LogP contribution in [-0.4, -0.2) is 193 Å². The molecule has 0 saturated carbocycles. The molecule has 0 aromatic carbocycles. The molecular weight excluding hydrogens is 901 g/mol. The Labute approximate surface area is 379 Å². The summed E-state index contributed by atoms with van der Waals surface area (Å²) in [5, 5.41) is -1.86. The highest BCUT2D eigenvalue weighted by molar-refractivity contribution is 8.00. The fourth-order valence-corrected chi connectivity index (χ4v) is 9.72. The third-order valence-corrected chi connectivity index (χ3v) is 14.2. The van der Waals surface area contributed by atoms with Gasteiger partial charge in [0, 0.05) is 42.3 Å². The van der Waals surface area contributed by atoms with Gasteiger partial charge >= 0.3 is 0 Å². The topological polar surface area (TPSA) is 252 Å². The monoisotopic (exact) mass is 946 g/mol. The number of carbonyl (C=O) groups excluding carboxylic acids is 12. The van der Waals surface area contributed by atoms with Crippen LogP contribution in [0.25, 0.3) is 0 Å². The molecule has 0 aliphatic carbocycles. The Kier molecular flexibility index (Phi) is 15.2. The summed E-state index contributed by atoms with van der Waals surface area (Å²) in [5.41, 5.74) is -0.206. The van der Waals surface area contributed by atoms with Crippen molar-refractivity contribution in [2.45, 2.75) is 72.6 Å². The Morgan fingerprint density at radius 3 is 0.906 bits per heavy atom. The zero-order chi connectivity index (χ0) is 46.9. The summed E-state index contributed by atoms with van der Waals surface area (Å²) < 4.78 is 17.6. The molecule has 6 heterocycles. The smallest absolute Gasteiger partial charge is 0.259 e. The van der Waals surface area contributed by atoms with Crippen molar-refractivity contribution in [2.75, 3.05) is 58.2 Å². The minimum atomic E-state index is -1.34. The van der Waals surface area contributed by atoms with E-state index in [1.54, 1.807) is 18.8 Å². The fraction of sp³-hybridized carbons (Fsp3) is 0.550. The first-order chi connectivity index (χ1) is 30.3. The largest absolute Gasteiger partial charge is 0.367 e. The molecule has 6 atom stereocenters. The molecule has 64 heavy (non-hydrogen) atoms. The Morgan fingerprint density at radius 1 is 0.438 bits per heavy atom. The molecule has 6 unspecified atom stereocenters. The van der Waals surface area contributed by atoms with E-state index in [0.717, 1.165) is 29.4 Å². The van der Waals surface area contributed by atoms with Gasteiger partial charge < -0.3 is 14.2 Å². The van der Waals surface area contributed by atoms with Crippen LogP contribution in [-0.2, 0) is 71.7 Å². The van der Waals surface area contributed by atoms with Gasteiger partial charge in [0.1, 0.15) is 18.3 Å². The highest BCUT2D eigenvalue weighted by Crippen LogP contribution is 2.31. The Balaban J connectivity index is 1.10. The summed E-state index contributed by atoms with van der Waals surface area (Å²) in [6.45, 7) is 8.78. The van der Waals surface area contributed by atoms with E-state index in [-0.39, 0.29) is 56.2 Å². The summed E-state index contributed by atoms with van der Waals surface area (Å²) in [6.07, 6.45) is -0.443. The predicted octanol–water partition coefficient (Wildman–Crippen LogP) is -0.952. The van der Waals surface area contributed by atoms with Crippen LogP contribution >= 0.6 is 35.3 Å². The van der Waals surface area contributed by atoms with Gasteiger partial charge in [-0.05, 0) is 18.8 Å². The molecule has 0 bridgehead atoms. The highest BCUT2D eigenvalue weighted by Gasteiger charge is 2.48. The van der Waals surface area contributed by atoms with Crippen molar-refractivity contribution in [3.63, 3.8) is 0 Å². The van der Waals surface area contributed by atoms with Crippen LogP contribution in [0.15, 0.2) is 36.8 Å². The molecule has 344 valence electrons. The summed E-state index contributed by atoms with van der Waals surface area (Å²) in [5.74, 6) is -8.36. The summed E-state index contributed by atoms with van der Waals surface area (Å²) in [4.78, 5) is 160. The second kappa shape index (κ2) is 20.0. The first-order valence-electron chi connectivity index (χ1n) is 19.9. The van der Waals surface area contributed by atoms with E-state index in [1.807, 2.05) is 0 Å². The van der Waals surface area contributed by atoms with Crippen molar-refractivity contribution in [1.82, 2.24) is 29.4 Å². The van der Waals surface area contributed by atoms with Crippen LogP contribution in [0, 0.1) is 5.92 Å². The number of carbonyl (C=O) groups is 12. The summed E-state index contributed by atoms with van der Waals surface area (Å²) in [6, 6.07) is 0. The van der Waals surface area contributed by atoms with Crippen LogP contribution in [0.1, 0.15) is 38.5 Å². The molecule has 6 rings (SSSR count). The minimum Gasteiger partial charge on any atom is -0.367 e. The maximum atomic E-state index is 13.4. The van der Waals surface area contributed by atoms with E-state index in [4.69, 9.17) is 14.2 Å². The first kappa shape index (κ1) is 48.4. The molecule has 21 nitrogen and oxygen atoms in total. The lowest BCUT2D eigenvalue weighted by molar-refractivity contribution is -0.147. The molecule has 0 aromatic heterocycles. The SMILES string of the molecule is C=C(CN1C(=O)CC(OCC(COC2CC(=O)N(CC(=C)N3C(=O)CC(SC)C3=O)C2=O)COC2CC(=O)N(CC(=C)N3C(=O)CC(SC)C3=O)C2=O)C1=O)N1C(=O)CC(SC)C1=O. The molecule has 12 amide bonds. The van der Waals surface area contributed by atoms with Crippen molar-refractivity contribution in [1.29, 1.82) is 0 Å². The van der Waals surface area contributed by atoms with Gasteiger partial charge in [-0.2, -0.15) is 35.3 Å². The third-order valence-electron chi connectivity index (χ3n) is 11.3.